The molecule has 0 saturated heterocycles. The highest BCUT2D eigenvalue weighted by molar-refractivity contribution is 6.06. The normalized spacial score (nSPS) is 14.0. The van der Waals surface area contributed by atoms with E-state index in [9.17, 15) is 9.59 Å². The maximum Gasteiger partial charge on any atom is 0.339 e. The zero-order valence-electron chi connectivity index (χ0n) is 17.6. The van der Waals surface area contributed by atoms with Crippen molar-refractivity contribution in [3.63, 3.8) is 0 Å². The van der Waals surface area contributed by atoms with Crippen LogP contribution < -0.4 is 0 Å². The number of nitrogens with zero attached hydrogens (tertiary/aromatic N) is 2. The third kappa shape index (κ3) is 3.98. The van der Waals surface area contributed by atoms with E-state index in [1.165, 1.54) is 0 Å². The van der Waals surface area contributed by atoms with Crippen molar-refractivity contribution >= 4 is 22.7 Å². The molecule has 0 atom stereocenters. The number of aromatic nitrogens is 1. The van der Waals surface area contributed by atoms with Crippen molar-refractivity contribution in [1.29, 1.82) is 0 Å². The minimum atomic E-state index is -0.462. The summed E-state index contributed by atoms with van der Waals surface area (Å²) in [5.41, 5.74) is 4.81. The Hall–Kier alpha value is -3.05. The van der Waals surface area contributed by atoms with Gasteiger partial charge in [0.05, 0.1) is 11.1 Å². The third-order valence-electron chi connectivity index (χ3n) is 5.72. The molecule has 154 valence electrons. The molecule has 0 N–H and O–H groups in total. The first-order chi connectivity index (χ1) is 14.4. The van der Waals surface area contributed by atoms with E-state index in [4.69, 9.17) is 9.72 Å². The molecule has 0 saturated carbocycles. The van der Waals surface area contributed by atoms with Crippen LogP contribution in [0.5, 0.6) is 0 Å². The number of ether oxygens (including phenoxy) is 1. The first-order valence-corrected chi connectivity index (χ1v) is 10.4. The fourth-order valence-electron chi connectivity index (χ4n) is 3.91. The number of pyridine rings is 1. The molecule has 1 aliphatic heterocycles. The summed E-state index contributed by atoms with van der Waals surface area (Å²) in [6.07, 6.45) is 0.793. The van der Waals surface area contributed by atoms with Gasteiger partial charge in [0.2, 0.25) is 0 Å². The number of ketones is 1. The molecule has 0 bridgehead atoms. The molecule has 2 heterocycles. The summed E-state index contributed by atoms with van der Waals surface area (Å²) in [5.74, 6) is -0.671. The smallest absolute Gasteiger partial charge is 0.339 e. The largest absolute Gasteiger partial charge is 0.454 e. The molecule has 30 heavy (non-hydrogen) atoms. The number of rotatable bonds is 5. The standard InChI is InChI=1S/C25H26N2O3/c1-16(2)27-13-12-22-20(14-27)24(19-6-4-5-7-21(19)26-22)25(29)30-15-23(28)18-10-8-17(3)9-11-18/h4-11,16H,12-15H2,1-3H3. The van der Waals surface area contributed by atoms with E-state index in [0.29, 0.717) is 23.7 Å². The lowest BCUT2D eigenvalue weighted by Crippen LogP contribution is -2.37. The first-order valence-electron chi connectivity index (χ1n) is 10.4. The number of hydrogen-bond acceptors (Lipinski definition) is 5. The van der Waals surface area contributed by atoms with Gasteiger partial charge in [-0.1, -0.05) is 48.0 Å². The predicted octanol–water partition coefficient (Wildman–Crippen LogP) is 4.35. The molecule has 1 aliphatic rings. The summed E-state index contributed by atoms with van der Waals surface area (Å²) >= 11 is 0. The van der Waals surface area contributed by atoms with Gasteiger partial charge >= 0.3 is 5.97 Å². The Morgan fingerprint density at radius 1 is 1.10 bits per heavy atom. The van der Waals surface area contributed by atoms with Crippen LogP contribution in [0.25, 0.3) is 10.9 Å². The van der Waals surface area contributed by atoms with Gasteiger partial charge in [0, 0.05) is 47.8 Å². The fraction of sp³-hybridized carbons (Fsp3) is 0.320. The van der Waals surface area contributed by atoms with Crippen LogP contribution in [0, 0.1) is 6.92 Å². The average molecular weight is 402 g/mol. The Balaban J connectivity index is 1.65. The van der Waals surface area contributed by atoms with Crippen LogP contribution in [-0.4, -0.2) is 40.8 Å². The summed E-state index contributed by atoms with van der Waals surface area (Å²) < 4.78 is 5.51. The number of esters is 1. The van der Waals surface area contributed by atoms with Crippen LogP contribution in [0.2, 0.25) is 0 Å². The van der Waals surface area contributed by atoms with E-state index in [2.05, 4.69) is 18.7 Å². The molecule has 0 spiro atoms. The number of Topliss-reactive ketones (excluding diaryl/α,β-unsaturated/α-hetero) is 1. The summed E-state index contributed by atoms with van der Waals surface area (Å²) in [5, 5.41) is 0.773. The zero-order valence-corrected chi connectivity index (χ0v) is 17.6. The summed E-state index contributed by atoms with van der Waals surface area (Å²) in [7, 11) is 0. The Morgan fingerprint density at radius 2 is 1.83 bits per heavy atom. The van der Waals surface area contributed by atoms with Gasteiger partial charge in [0.15, 0.2) is 12.4 Å². The number of aryl methyl sites for hydroxylation is 1. The molecule has 5 heteroatoms. The molecule has 5 nitrogen and oxygen atoms in total. The van der Waals surface area contributed by atoms with E-state index in [1.54, 1.807) is 12.1 Å². The highest BCUT2D eigenvalue weighted by atomic mass is 16.5. The summed E-state index contributed by atoms with van der Waals surface area (Å²) in [6.45, 7) is 7.56. The molecular weight excluding hydrogens is 376 g/mol. The van der Waals surface area contributed by atoms with Crippen molar-refractivity contribution in [1.82, 2.24) is 9.88 Å². The highest BCUT2D eigenvalue weighted by Crippen LogP contribution is 2.29. The second-order valence-corrected chi connectivity index (χ2v) is 8.11. The minimum Gasteiger partial charge on any atom is -0.454 e. The van der Waals surface area contributed by atoms with Crippen molar-refractivity contribution in [3.8, 4) is 0 Å². The van der Waals surface area contributed by atoms with Crippen molar-refractivity contribution in [2.24, 2.45) is 0 Å². The SMILES string of the molecule is Cc1ccc(C(=O)COC(=O)c2c3c(nc4ccccc24)CCN(C(C)C)C3)cc1. The maximum atomic E-state index is 13.2. The lowest BCUT2D eigenvalue weighted by Gasteiger charge is -2.32. The Bertz CT molecular complexity index is 1100. The van der Waals surface area contributed by atoms with Crippen LogP contribution in [0.3, 0.4) is 0 Å². The Kier molecular flexibility index (Phi) is 5.64. The van der Waals surface area contributed by atoms with E-state index < -0.39 is 5.97 Å². The maximum absolute atomic E-state index is 13.2. The van der Waals surface area contributed by atoms with Gasteiger partial charge in [-0.15, -0.1) is 0 Å². The van der Waals surface area contributed by atoms with Crippen molar-refractivity contribution in [2.45, 2.75) is 39.8 Å². The molecule has 4 rings (SSSR count). The number of benzene rings is 2. The molecule has 2 aromatic carbocycles. The van der Waals surface area contributed by atoms with Crippen LogP contribution in [0.15, 0.2) is 48.5 Å². The summed E-state index contributed by atoms with van der Waals surface area (Å²) in [4.78, 5) is 32.8. The topological polar surface area (TPSA) is 59.5 Å². The second kappa shape index (κ2) is 8.36. The minimum absolute atomic E-state index is 0.209. The summed E-state index contributed by atoms with van der Waals surface area (Å²) in [6, 6.07) is 15.3. The highest BCUT2D eigenvalue weighted by Gasteiger charge is 2.27. The number of hydrogen-bond donors (Lipinski definition) is 0. The molecule has 0 amide bonds. The van der Waals surface area contributed by atoms with Gasteiger partial charge in [0.1, 0.15) is 0 Å². The van der Waals surface area contributed by atoms with Gasteiger partial charge in [-0.3, -0.25) is 14.7 Å². The lowest BCUT2D eigenvalue weighted by molar-refractivity contribution is 0.0473. The first kappa shape index (κ1) is 20.2. The molecule has 0 aliphatic carbocycles. The van der Waals surface area contributed by atoms with Crippen LogP contribution in [0.4, 0.5) is 0 Å². The number of fused-ring (bicyclic) bond motifs is 2. The van der Waals surface area contributed by atoms with Gasteiger partial charge in [0.25, 0.3) is 0 Å². The molecular formula is C25H26N2O3. The van der Waals surface area contributed by atoms with E-state index >= 15 is 0 Å². The predicted molar refractivity (Wildman–Crippen MR) is 117 cm³/mol. The molecule has 0 radical (unpaired) electrons. The van der Waals surface area contributed by atoms with Gasteiger partial charge < -0.3 is 4.74 Å². The average Bonchev–Trinajstić information content (AvgIpc) is 2.75. The lowest BCUT2D eigenvalue weighted by atomic mass is 9.95. The van der Waals surface area contributed by atoms with Gasteiger partial charge in [-0.25, -0.2) is 4.79 Å². The Morgan fingerprint density at radius 3 is 2.57 bits per heavy atom. The fourth-order valence-corrected chi connectivity index (χ4v) is 3.91. The number of carbonyl (C=O) groups excluding carboxylic acids is 2. The molecule has 3 aromatic rings. The van der Waals surface area contributed by atoms with Crippen LogP contribution >= 0.6 is 0 Å². The quantitative estimate of drug-likeness (QED) is 0.469. The zero-order chi connectivity index (χ0) is 21.3. The third-order valence-corrected chi connectivity index (χ3v) is 5.72. The molecule has 1 aromatic heterocycles. The van der Waals surface area contributed by atoms with Crippen LogP contribution in [-0.2, 0) is 17.7 Å². The van der Waals surface area contributed by atoms with Crippen molar-refractivity contribution in [3.05, 3.63) is 76.5 Å². The van der Waals surface area contributed by atoms with Crippen LogP contribution in [0.1, 0.15) is 51.4 Å². The molecule has 0 unspecified atom stereocenters. The van der Waals surface area contributed by atoms with Gasteiger partial charge in [-0.2, -0.15) is 0 Å². The monoisotopic (exact) mass is 402 g/mol. The second-order valence-electron chi connectivity index (χ2n) is 8.11. The van der Waals surface area contributed by atoms with E-state index in [0.717, 1.165) is 40.7 Å². The van der Waals surface area contributed by atoms with E-state index in [1.807, 2.05) is 43.3 Å². The Labute approximate surface area is 176 Å². The van der Waals surface area contributed by atoms with Crippen molar-refractivity contribution in [2.75, 3.05) is 13.2 Å². The van der Waals surface area contributed by atoms with E-state index in [-0.39, 0.29) is 12.4 Å². The number of para-hydroxylation sites is 1. The number of carbonyl (C=O) groups is 2. The molecule has 0 fully saturated rings. The van der Waals surface area contributed by atoms with Gasteiger partial charge in [-0.05, 0) is 26.8 Å². The van der Waals surface area contributed by atoms with Crippen molar-refractivity contribution < 1.29 is 14.3 Å².